The van der Waals surface area contributed by atoms with E-state index in [1.807, 2.05) is 20.8 Å². The Hall–Kier alpha value is -1.30. The molecule has 0 bridgehead atoms. The molecule has 1 saturated heterocycles. The molecule has 0 aromatic rings. The van der Waals surface area contributed by atoms with Crippen molar-refractivity contribution in [3.05, 3.63) is 0 Å². The van der Waals surface area contributed by atoms with Crippen LogP contribution in [0.2, 0.25) is 0 Å². The number of carboxylic acid groups (broad SMARTS) is 1. The molecule has 1 aliphatic rings. The first-order valence-corrected chi connectivity index (χ1v) is 5.80. The molecule has 17 heavy (non-hydrogen) atoms. The number of hydrogen-bond acceptors (Lipinski definition) is 3. The zero-order chi connectivity index (χ0) is 13.1. The predicted molar refractivity (Wildman–Crippen MR) is 63.8 cm³/mol. The van der Waals surface area contributed by atoms with Crippen LogP contribution in [-0.2, 0) is 4.79 Å². The number of carbonyl (C=O) groups excluding carboxylic acids is 1. The summed E-state index contributed by atoms with van der Waals surface area (Å²) < 4.78 is 0. The largest absolute Gasteiger partial charge is 0.481 e. The van der Waals surface area contributed by atoms with Gasteiger partial charge in [0, 0.05) is 24.7 Å². The number of carbonyl (C=O) groups is 2. The zero-order valence-corrected chi connectivity index (χ0v) is 10.5. The highest BCUT2D eigenvalue weighted by Crippen LogP contribution is 2.11. The van der Waals surface area contributed by atoms with Crippen molar-refractivity contribution in [3.8, 4) is 0 Å². The smallest absolute Gasteiger partial charge is 0.315 e. The van der Waals surface area contributed by atoms with Gasteiger partial charge in [-0.25, -0.2) is 4.79 Å². The summed E-state index contributed by atoms with van der Waals surface area (Å²) in [4.78, 5) is 22.5. The lowest BCUT2D eigenvalue weighted by molar-refractivity contribution is -0.142. The van der Waals surface area contributed by atoms with Gasteiger partial charge in [0.1, 0.15) is 0 Å². The highest BCUT2D eigenvalue weighted by Gasteiger charge is 2.28. The lowest BCUT2D eigenvalue weighted by Crippen LogP contribution is -2.55. The zero-order valence-electron chi connectivity index (χ0n) is 10.5. The van der Waals surface area contributed by atoms with E-state index in [-0.39, 0.29) is 17.6 Å². The van der Waals surface area contributed by atoms with Crippen LogP contribution in [-0.4, -0.2) is 41.8 Å². The first-order valence-electron chi connectivity index (χ1n) is 5.80. The highest BCUT2D eigenvalue weighted by atomic mass is 16.4. The summed E-state index contributed by atoms with van der Waals surface area (Å²) in [5, 5.41) is 17.5. The summed E-state index contributed by atoms with van der Waals surface area (Å²) >= 11 is 0. The van der Waals surface area contributed by atoms with Gasteiger partial charge in [-0.2, -0.15) is 0 Å². The Morgan fingerprint density at radius 1 is 1.29 bits per heavy atom. The molecule has 0 aliphatic carbocycles. The number of piperidine rings is 1. The van der Waals surface area contributed by atoms with Crippen LogP contribution in [0.3, 0.4) is 0 Å². The second-order valence-electron chi connectivity index (χ2n) is 5.47. The molecule has 1 fully saturated rings. The summed E-state index contributed by atoms with van der Waals surface area (Å²) in [7, 11) is 0. The van der Waals surface area contributed by atoms with Crippen LogP contribution in [0.5, 0.6) is 0 Å². The quantitative estimate of drug-likeness (QED) is 0.555. The second kappa shape index (κ2) is 5.35. The minimum Gasteiger partial charge on any atom is -0.481 e. The van der Waals surface area contributed by atoms with Crippen molar-refractivity contribution >= 4 is 12.0 Å². The van der Waals surface area contributed by atoms with E-state index >= 15 is 0 Å². The van der Waals surface area contributed by atoms with Crippen molar-refractivity contribution in [2.75, 3.05) is 13.1 Å². The number of nitrogens with one attached hydrogen (secondary N) is 3. The van der Waals surface area contributed by atoms with E-state index in [1.165, 1.54) is 0 Å². The fourth-order valence-electron chi connectivity index (χ4n) is 1.80. The van der Waals surface area contributed by atoms with Gasteiger partial charge in [-0.1, -0.05) is 0 Å². The van der Waals surface area contributed by atoms with Gasteiger partial charge < -0.3 is 21.1 Å². The molecule has 98 valence electrons. The van der Waals surface area contributed by atoms with Gasteiger partial charge in [0.2, 0.25) is 0 Å². The predicted octanol–water partition coefficient (Wildman–Crippen LogP) is 0.147. The summed E-state index contributed by atoms with van der Waals surface area (Å²) in [6, 6.07) is -0.387. The molecule has 2 amide bonds. The lowest BCUT2D eigenvalue weighted by atomic mass is 9.96. The van der Waals surface area contributed by atoms with Gasteiger partial charge in [0.25, 0.3) is 0 Å². The Kier molecular flexibility index (Phi) is 4.34. The van der Waals surface area contributed by atoms with E-state index in [9.17, 15) is 9.59 Å². The Labute approximate surface area is 101 Å². The van der Waals surface area contributed by atoms with Crippen molar-refractivity contribution in [1.82, 2.24) is 16.0 Å². The summed E-state index contributed by atoms with van der Waals surface area (Å²) in [5.41, 5.74) is -0.293. The molecule has 0 saturated carbocycles. The Bertz CT molecular complexity index is 299. The fraction of sp³-hybridized carbons (Fsp3) is 0.818. The maximum Gasteiger partial charge on any atom is 0.315 e. The minimum atomic E-state index is -0.819. The number of carboxylic acids is 1. The number of rotatable bonds is 2. The van der Waals surface area contributed by atoms with E-state index in [0.29, 0.717) is 19.5 Å². The Balaban J connectivity index is 2.41. The lowest BCUT2D eigenvalue weighted by Gasteiger charge is -2.30. The highest BCUT2D eigenvalue weighted by molar-refractivity contribution is 5.75. The number of hydrogen-bond donors (Lipinski definition) is 4. The van der Waals surface area contributed by atoms with Gasteiger partial charge in [-0.3, -0.25) is 4.79 Å². The van der Waals surface area contributed by atoms with Crippen LogP contribution in [0, 0.1) is 5.92 Å². The van der Waals surface area contributed by atoms with Crippen molar-refractivity contribution in [2.45, 2.75) is 38.8 Å². The van der Waals surface area contributed by atoms with Crippen molar-refractivity contribution < 1.29 is 14.7 Å². The van der Waals surface area contributed by atoms with Crippen LogP contribution < -0.4 is 16.0 Å². The Morgan fingerprint density at radius 3 is 2.47 bits per heavy atom. The molecule has 0 unspecified atom stereocenters. The SMILES string of the molecule is CC(C)(C)NC(=O)N[C@H]1CNC[C@@H](C(=O)O)C1. The van der Waals surface area contributed by atoms with Gasteiger partial charge in [0.15, 0.2) is 0 Å². The molecule has 6 heteroatoms. The summed E-state index contributed by atoms with van der Waals surface area (Å²) in [6.07, 6.45) is 0.472. The molecule has 4 N–H and O–H groups in total. The molecule has 1 aliphatic heterocycles. The van der Waals surface area contributed by atoms with Gasteiger partial charge >= 0.3 is 12.0 Å². The average molecular weight is 243 g/mol. The maximum atomic E-state index is 11.6. The number of amides is 2. The van der Waals surface area contributed by atoms with E-state index in [2.05, 4.69) is 16.0 Å². The van der Waals surface area contributed by atoms with Gasteiger partial charge in [0.05, 0.1) is 5.92 Å². The molecule has 1 rings (SSSR count). The third-order valence-electron chi connectivity index (χ3n) is 2.52. The molecule has 2 atom stereocenters. The van der Waals surface area contributed by atoms with Crippen LogP contribution >= 0.6 is 0 Å². The van der Waals surface area contributed by atoms with Crippen LogP contribution in [0.25, 0.3) is 0 Å². The topological polar surface area (TPSA) is 90.5 Å². The van der Waals surface area contributed by atoms with Crippen LogP contribution in [0.15, 0.2) is 0 Å². The minimum absolute atomic E-state index is 0.132. The molecule has 0 aromatic heterocycles. The van der Waals surface area contributed by atoms with Crippen molar-refractivity contribution in [2.24, 2.45) is 5.92 Å². The van der Waals surface area contributed by atoms with E-state index in [4.69, 9.17) is 5.11 Å². The third kappa shape index (κ3) is 5.04. The molecule has 0 spiro atoms. The molecule has 0 aromatic carbocycles. The number of aliphatic carboxylic acids is 1. The first-order chi connectivity index (χ1) is 7.78. The van der Waals surface area contributed by atoms with Gasteiger partial charge in [-0.05, 0) is 27.2 Å². The first kappa shape index (κ1) is 13.8. The maximum absolute atomic E-state index is 11.6. The van der Waals surface area contributed by atoms with Gasteiger partial charge in [-0.15, -0.1) is 0 Å². The molecule has 0 radical (unpaired) electrons. The second-order valence-corrected chi connectivity index (χ2v) is 5.47. The van der Waals surface area contributed by atoms with E-state index in [1.54, 1.807) is 0 Å². The molecule has 1 heterocycles. The molecular weight excluding hydrogens is 222 g/mol. The van der Waals surface area contributed by atoms with Crippen molar-refractivity contribution in [1.29, 1.82) is 0 Å². The fourth-order valence-corrected chi connectivity index (χ4v) is 1.80. The standard InChI is InChI=1S/C11H21N3O3/c1-11(2,3)14-10(17)13-8-4-7(9(15)16)5-12-6-8/h7-8,12H,4-6H2,1-3H3,(H,15,16)(H2,13,14,17)/t7-,8+/m0/s1. The normalized spacial score (nSPS) is 25.1. The Morgan fingerprint density at radius 2 is 1.94 bits per heavy atom. The van der Waals surface area contributed by atoms with Crippen LogP contribution in [0.4, 0.5) is 4.79 Å². The van der Waals surface area contributed by atoms with E-state index < -0.39 is 11.9 Å². The average Bonchev–Trinajstić information content (AvgIpc) is 2.14. The summed E-state index contributed by atoms with van der Waals surface area (Å²) in [5.74, 6) is -1.25. The van der Waals surface area contributed by atoms with Crippen molar-refractivity contribution in [3.63, 3.8) is 0 Å². The number of urea groups is 1. The molecule has 6 nitrogen and oxygen atoms in total. The third-order valence-corrected chi connectivity index (χ3v) is 2.52. The van der Waals surface area contributed by atoms with Crippen LogP contribution in [0.1, 0.15) is 27.2 Å². The monoisotopic (exact) mass is 243 g/mol. The summed E-state index contributed by atoms with van der Waals surface area (Å²) in [6.45, 7) is 6.76. The van der Waals surface area contributed by atoms with E-state index in [0.717, 1.165) is 0 Å². The molecular formula is C11H21N3O3.